The zero-order chi connectivity index (χ0) is 15.4. The van der Waals surface area contributed by atoms with Crippen LogP contribution >= 0.6 is 0 Å². The average molecular weight is 300 g/mol. The molecular formula is C16H20N4O2. The molecule has 2 heterocycles. The highest BCUT2D eigenvalue weighted by Gasteiger charge is 2.18. The number of aryl methyl sites for hydroxylation is 1. The number of fused-ring (bicyclic) bond motifs is 1. The number of nitrogens with one attached hydrogen (secondary N) is 2. The lowest BCUT2D eigenvalue weighted by Gasteiger charge is -2.15. The summed E-state index contributed by atoms with van der Waals surface area (Å²) in [6.07, 6.45) is 2.99. The van der Waals surface area contributed by atoms with Gasteiger partial charge in [0.25, 0.3) is 0 Å². The van der Waals surface area contributed by atoms with Crippen molar-refractivity contribution in [3.05, 3.63) is 30.1 Å². The highest BCUT2D eigenvalue weighted by molar-refractivity contribution is 5.85. The molecule has 0 unspecified atom stereocenters. The maximum Gasteiger partial charge on any atom is 0.241 e. The van der Waals surface area contributed by atoms with E-state index < -0.39 is 0 Å². The fraction of sp³-hybridized carbons (Fsp3) is 0.438. The number of carbonyl (C=O) groups excluding carboxylic acids is 2. The van der Waals surface area contributed by atoms with Gasteiger partial charge in [0.2, 0.25) is 11.8 Å². The zero-order valence-electron chi connectivity index (χ0n) is 12.5. The topological polar surface area (TPSA) is 78.1 Å². The van der Waals surface area contributed by atoms with Crippen LogP contribution in [-0.2, 0) is 16.0 Å². The lowest BCUT2D eigenvalue weighted by atomic mass is 10.3. The van der Waals surface area contributed by atoms with Crippen molar-refractivity contribution in [1.29, 1.82) is 0 Å². The first-order valence-electron chi connectivity index (χ1n) is 7.70. The number of likely N-dealkylation sites (tertiary alicyclic amines) is 1. The van der Waals surface area contributed by atoms with Gasteiger partial charge in [0, 0.05) is 25.9 Å². The molecule has 2 N–H and O–H groups in total. The molecule has 2 amide bonds. The molecule has 0 radical (unpaired) electrons. The molecule has 22 heavy (non-hydrogen) atoms. The Morgan fingerprint density at radius 1 is 1.23 bits per heavy atom. The summed E-state index contributed by atoms with van der Waals surface area (Å²) in [4.78, 5) is 33.1. The Labute approximate surface area is 128 Å². The number of amides is 2. The molecule has 1 fully saturated rings. The SMILES string of the molecule is O=C(CCc1nc2ccccc2[nH]1)NCC(=O)N1CCCC1. The minimum atomic E-state index is -0.118. The maximum atomic E-state index is 11.8. The number of para-hydroxylation sites is 2. The normalized spacial score (nSPS) is 14.5. The van der Waals surface area contributed by atoms with Crippen molar-refractivity contribution in [2.24, 2.45) is 0 Å². The van der Waals surface area contributed by atoms with E-state index in [0.717, 1.165) is 42.8 Å². The van der Waals surface area contributed by atoms with Crippen LogP contribution < -0.4 is 5.32 Å². The highest BCUT2D eigenvalue weighted by Crippen LogP contribution is 2.11. The van der Waals surface area contributed by atoms with Crippen molar-refractivity contribution in [1.82, 2.24) is 20.2 Å². The fourth-order valence-electron chi connectivity index (χ4n) is 2.70. The summed E-state index contributed by atoms with van der Waals surface area (Å²) in [5.74, 6) is 0.685. The van der Waals surface area contributed by atoms with E-state index in [9.17, 15) is 9.59 Å². The second kappa shape index (κ2) is 6.60. The number of aromatic amines is 1. The molecule has 3 rings (SSSR count). The summed E-state index contributed by atoms with van der Waals surface area (Å²) >= 11 is 0. The van der Waals surface area contributed by atoms with Crippen LogP contribution in [0.1, 0.15) is 25.1 Å². The number of nitrogens with zero attached hydrogens (tertiary/aromatic N) is 2. The molecule has 6 nitrogen and oxygen atoms in total. The van der Waals surface area contributed by atoms with Crippen LogP contribution in [0.25, 0.3) is 11.0 Å². The van der Waals surface area contributed by atoms with Crippen LogP contribution in [0.15, 0.2) is 24.3 Å². The van der Waals surface area contributed by atoms with Gasteiger partial charge in [-0.3, -0.25) is 9.59 Å². The summed E-state index contributed by atoms with van der Waals surface area (Å²) in [6.45, 7) is 1.72. The van der Waals surface area contributed by atoms with Crippen LogP contribution in [0.5, 0.6) is 0 Å². The Balaban J connectivity index is 1.44. The monoisotopic (exact) mass is 300 g/mol. The molecular weight excluding hydrogens is 280 g/mol. The number of imidazole rings is 1. The van der Waals surface area contributed by atoms with E-state index in [-0.39, 0.29) is 18.4 Å². The number of benzene rings is 1. The van der Waals surface area contributed by atoms with E-state index in [2.05, 4.69) is 15.3 Å². The van der Waals surface area contributed by atoms with Crippen LogP contribution in [0.2, 0.25) is 0 Å². The van der Waals surface area contributed by atoms with E-state index in [1.54, 1.807) is 4.90 Å². The second-order valence-electron chi connectivity index (χ2n) is 5.57. The molecule has 1 aliphatic heterocycles. The number of aromatic nitrogens is 2. The van der Waals surface area contributed by atoms with Gasteiger partial charge in [-0.2, -0.15) is 0 Å². The van der Waals surface area contributed by atoms with Crippen LogP contribution in [-0.4, -0.2) is 46.3 Å². The van der Waals surface area contributed by atoms with E-state index in [1.807, 2.05) is 24.3 Å². The number of rotatable bonds is 5. The van der Waals surface area contributed by atoms with Gasteiger partial charge in [0.05, 0.1) is 17.6 Å². The van der Waals surface area contributed by atoms with E-state index >= 15 is 0 Å². The van der Waals surface area contributed by atoms with E-state index in [0.29, 0.717) is 12.8 Å². The van der Waals surface area contributed by atoms with Crippen LogP contribution in [0, 0.1) is 0 Å². The first-order chi connectivity index (χ1) is 10.7. The van der Waals surface area contributed by atoms with Gasteiger partial charge in [0.1, 0.15) is 5.82 Å². The first kappa shape index (κ1) is 14.6. The van der Waals surface area contributed by atoms with Gasteiger partial charge in [-0.25, -0.2) is 4.98 Å². The standard InChI is InChI=1S/C16H20N4O2/c21-15(17-11-16(22)20-9-3-4-10-20)8-7-14-18-12-5-1-2-6-13(12)19-14/h1-2,5-6H,3-4,7-11H2,(H,17,21)(H,18,19). The lowest BCUT2D eigenvalue weighted by molar-refractivity contribution is -0.132. The van der Waals surface area contributed by atoms with E-state index in [1.165, 1.54) is 0 Å². The largest absolute Gasteiger partial charge is 0.347 e. The van der Waals surface area contributed by atoms with Gasteiger partial charge in [-0.05, 0) is 25.0 Å². The van der Waals surface area contributed by atoms with Crippen molar-refractivity contribution in [3.8, 4) is 0 Å². The quantitative estimate of drug-likeness (QED) is 0.872. The molecule has 116 valence electrons. The molecule has 6 heteroatoms. The van der Waals surface area contributed by atoms with Crippen molar-refractivity contribution in [2.75, 3.05) is 19.6 Å². The lowest BCUT2D eigenvalue weighted by Crippen LogP contribution is -2.38. The Morgan fingerprint density at radius 2 is 2.00 bits per heavy atom. The molecule has 1 saturated heterocycles. The fourth-order valence-corrected chi connectivity index (χ4v) is 2.70. The third-order valence-corrected chi connectivity index (χ3v) is 3.92. The third kappa shape index (κ3) is 3.44. The Hall–Kier alpha value is -2.37. The van der Waals surface area contributed by atoms with Gasteiger partial charge in [-0.15, -0.1) is 0 Å². The van der Waals surface area contributed by atoms with Crippen molar-refractivity contribution in [3.63, 3.8) is 0 Å². The third-order valence-electron chi connectivity index (χ3n) is 3.92. The molecule has 0 spiro atoms. The Kier molecular flexibility index (Phi) is 4.37. The molecule has 0 bridgehead atoms. The van der Waals surface area contributed by atoms with Crippen molar-refractivity contribution in [2.45, 2.75) is 25.7 Å². The molecule has 1 aromatic carbocycles. The number of H-pyrrole nitrogens is 1. The summed E-state index contributed by atoms with van der Waals surface area (Å²) in [5, 5.41) is 2.69. The first-order valence-corrected chi connectivity index (χ1v) is 7.70. The molecule has 0 aliphatic carbocycles. The Morgan fingerprint density at radius 3 is 2.77 bits per heavy atom. The number of carbonyl (C=O) groups is 2. The zero-order valence-corrected chi connectivity index (χ0v) is 12.5. The van der Waals surface area contributed by atoms with Gasteiger partial charge < -0.3 is 15.2 Å². The smallest absolute Gasteiger partial charge is 0.241 e. The average Bonchev–Trinajstić information content (AvgIpc) is 3.19. The predicted octanol–water partition coefficient (Wildman–Crippen LogP) is 1.23. The summed E-state index contributed by atoms with van der Waals surface area (Å²) in [7, 11) is 0. The minimum absolute atomic E-state index is 0.00888. The molecule has 1 aliphatic rings. The highest BCUT2D eigenvalue weighted by atomic mass is 16.2. The summed E-state index contributed by atoms with van der Waals surface area (Å²) in [6, 6.07) is 7.77. The summed E-state index contributed by atoms with van der Waals surface area (Å²) < 4.78 is 0. The van der Waals surface area contributed by atoms with Crippen LogP contribution in [0.3, 0.4) is 0 Å². The Bertz CT molecular complexity index is 641. The van der Waals surface area contributed by atoms with Gasteiger partial charge in [-0.1, -0.05) is 12.1 Å². The summed E-state index contributed by atoms with van der Waals surface area (Å²) in [5.41, 5.74) is 1.88. The minimum Gasteiger partial charge on any atom is -0.347 e. The number of hydrogen-bond acceptors (Lipinski definition) is 3. The predicted molar refractivity (Wildman–Crippen MR) is 83.2 cm³/mol. The second-order valence-corrected chi connectivity index (χ2v) is 5.57. The van der Waals surface area contributed by atoms with Crippen LogP contribution in [0.4, 0.5) is 0 Å². The van der Waals surface area contributed by atoms with E-state index in [4.69, 9.17) is 0 Å². The van der Waals surface area contributed by atoms with Gasteiger partial charge in [0.15, 0.2) is 0 Å². The van der Waals surface area contributed by atoms with Crippen molar-refractivity contribution < 1.29 is 9.59 Å². The maximum absolute atomic E-state index is 11.8. The number of hydrogen-bond donors (Lipinski definition) is 2. The molecule has 1 aromatic heterocycles. The van der Waals surface area contributed by atoms with Gasteiger partial charge >= 0.3 is 0 Å². The van der Waals surface area contributed by atoms with Crippen molar-refractivity contribution >= 4 is 22.8 Å². The molecule has 2 aromatic rings. The molecule has 0 saturated carbocycles. The molecule has 0 atom stereocenters.